The largest absolute Gasteiger partial charge is 0.497 e. The topological polar surface area (TPSA) is 41.6 Å². The molecule has 0 fully saturated rings. The van der Waals surface area contributed by atoms with E-state index in [4.69, 9.17) is 4.74 Å². The maximum absolute atomic E-state index is 12.3. The van der Waals surface area contributed by atoms with E-state index >= 15 is 0 Å². The van der Waals surface area contributed by atoms with Crippen molar-refractivity contribution in [2.75, 3.05) is 25.5 Å². The number of hydrogen-bond acceptors (Lipinski definition) is 3. The molecular weight excluding hydrogens is 276 g/mol. The van der Waals surface area contributed by atoms with Crippen LogP contribution in [0.1, 0.15) is 11.1 Å². The lowest BCUT2D eigenvalue weighted by atomic mass is 10.00. The molecule has 2 aromatic rings. The van der Waals surface area contributed by atoms with E-state index in [1.54, 1.807) is 7.11 Å². The molecule has 0 saturated carbocycles. The van der Waals surface area contributed by atoms with Crippen LogP contribution in [0.15, 0.2) is 48.5 Å². The van der Waals surface area contributed by atoms with E-state index in [1.807, 2.05) is 35.2 Å². The van der Waals surface area contributed by atoms with Crippen molar-refractivity contribution < 1.29 is 9.53 Å². The van der Waals surface area contributed by atoms with Gasteiger partial charge in [-0.05, 0) is 41.8 Å². The first-order valence-corrected chi connectivity index (χ1v) is 7.49. The molecule has 1 N–H and O–H groups in total. The molecule has 22 heavy (non-hydrogen) atoms. The van der Waals surface area contributed by atoms with Crippen LogP contribution in [-0.2, 0) is 17.8 Å². The van der Waals surface area contributed by atoms with E-state index < -0.39 is 0 Å². The summed E-state index contributed by atoms with van der Waals surface area (Å²) in [4.78, 5) is 14.3. The minimum Gasteiger partial charge on any atom is -0.497 e. The predicted octanol–water partition coefficient (Wildman–Crippen LogP) is 2.69. The third-order valence-corrected chi connectivity index (χ3v) is 4.02. The molecule has 0 atom stereocenters. The van der Waals surface area contributed by atoms with Gasteiger partial charge in [-0.25, -0.2) is 0 Å². The Morgan fingerprint density at radius 3 is 2.59 bits per heavy atom. The van der Waals surface area contributed by atoms with Crippen LogP contribution in [0.2, 0.25) is 0 Å². The number of fused-ring (bicyclic) bond motifs is 1. The standard InChI is InChI=1S/C18H20N2O2/c1-22-17-8-6-16(7-9-17)19-12-18(21)20-11-10-14-4-2-3-5-15(14)13-20/h2-9,19H,10-13H2,1H3. The summed E-state index contributed by atoms with van der Waals surface area (Å²) >= 11 is 0. The van der Waals surface area contributed by atoms with Crippen LogP contribution in [-0.4, -0.2) is 31.0 Å². The summed E-state index contributed by atoms with van der Waals surface area (Å²) in [5.41, 5.74) is 3.53. The van der Waals surface area contributed by atoms with Crippen molar-refractivity contribution in [2.24, 2.45) is 0 Å². The Morgan fingerprint density at radius 1 is 1.14 bits per heavy atom. The lowest BCUT2D eigenvalue weighted by Gasteiger charge is -2.29. The first-order valence-electron chi connectivity index (χ1n) is 7.49. The molecule has 0 radical (unpaired) electrons. The number of anilines is 1. The second-order valence-electron chi connectivity index (χ2n) is 5.42. The number of benzene rings is 2. The molecule has 0 aliphatic carbocycles. The van der Waals surface area contributed by atoms with Gasteiger partial charge in [0.05, 0.1) is 13.7 Å². The number of carbonyl (C=O) groups is 1. The molecule has 0 bridgehead atoms. The fourth-order valence-electron chi connectivity index (χ4n) is 2.71. The quantitative estimate of drug-likeness (QED) is 0.943. The van der Waals surface area contributed by atoms with Crippen LogP contribution in [0, 0.1) is 0 Å². The molecule has 2 aromatic carbocycles. The Kier molecular flexibility index (Phi) is 4.28. The van der Waals surface area contributed by atoms with Gasteiger partial charge in [0.2, 0.25) is 5.91 Å². The number of methoxy groups -OCH3 is 1. The van der Waals surface area contributed by atoms with Crippen molar-refractivity contribution in [2.45, 2.75) is 13.0 Å². The van der Waals surface area contributed by atoms with Crippen LogP contribution in [0.5, 0.6) is 5.75 Å². The van der Waals surface area contributed by atoms with Crippen molar-refractivity contribution in [1.82, 2.24) is 4.90 Å². The molecule has 0 saturated heterocycles. The van der Waals surface area contributed by atoms with Gasteiger partial charge in [0.1, 0.15) is 5.75 Å². The highest BCUT2D eigenvalue weighted by Gasteiger charge is 2.19. The average Bonchev–Trinajstić information content (AvgIpc) is 2.59. The Morgan fingerprint density at radius 2 is 1.86 bits per heavy atom. The molecule has 114 valence electrons. The number of hydrogen-bond donors (Lipinski definition) is 1. The fraction of sp³-hybridized carbons (Fsp3) is 0.278. The average molecular weight is 296 g/mol. The number of carbonyl (C=O) groups excluding carboxylic acids is 1. The highest BCUT2D eigenvalue weighted by atomic mass is 16.5. The van der Waals surface area contributed by atoms with Crippen molar-refractivity contribution in [3.8, 4) is 5.75 Å². The minimum atomic E-state index is 0.130. The summed E-state index contributed by atoms with van der Waals surface area (Å²) in [6.07, 6.45) is 0.935. The maximum atomic E-state index is 12.3. The Hall–Kier alpha value is -2.49. The zero-order valence-electron chi connectivity index (χ0n) is 12.7. The summed E-state index contributed by atoms with van der Waals surface area (Å²) in [7, 11) is 1.64. The number of rotatable bonds is 4. The van der Waals surface area contributed by atoms with Crippen molar-refractivity contribution in [3.05, 3.63) is 59.7 Å². The summed E-state index contributed by atoms with van der Waals surface area (Å²) in [6, 6.07) is 15.9. The second kappa shape index (κ2) is 6.52. The van der Waals surface area contributed by atoms with Gasteiger partial charge in [-0.15, -0.1) is 0 Å². The molecular formula is C18H20N2O2. The lowest BCUT2D eigenvalue weighted by Crippen LogP contribution is -2.39. The van der Waals surface area contributed by atoms with Crippen LogP contribution in [0.4, 0.5) is 5.69 Å². The molecule has 1 aliphatic rings. The van der Waals surface area contributed by atoms with Crippen LogP contribution in [0.3, 0.4) is 0 Å². The van der Waals surface area contributed by atoms with E-state index in [1.165, 1.54) is 11.1 Å². The third-order valence-electron chi connectivity index (χ3n) is 4.02. The molecule has 1 heterocycles. The van der Waals surface area contributed by atoms with E-state index in [-0.39, 0.29) is 5.91 Å². The molecule has 1 aliphatic heterocycles. The van der Waals surface area contributed by atoms with Gasteiger partial charge in [-0.3, -0.25) is 4.79 Å². The molecule has 0 unspecified atom stereocenters. The molecule has 0 spiro atoms. The zero-order chi connectivity index (χ0) is 15.4. The van der Waals surface area contributed by atoms with Crippen molar-refractivity contribution in [1.29, 1.82) is 0 Å². The molecule has 4 heteroatoms. The Labute approximate surface area is 130 Å². The van der Waals surface area contributed by atoms with E-state index in [0.29, 0.717) is 13.1 Å². The monoisotopic (exact) mass is 296 g/mol. The number of amides is 1. The summed E-state index contributed by atoms with van der Waals surface area (Å²) < 4.78 is 5.12. The molecule has 3 rings (SSSR count). The first-order chi connectivity index (χ1) is 10.8. The van der Waals surface area contributed by atoms with Gasteiger partial charge in [-0.2, -0.15) is 0 Å². The van der Waals surface area contributed by atoms with Gasteiger partial charge in [0.15, 0.2) is 0 Å². The lowest BCUT2D eigenvalue weighted by molar-refractivity contribution is -0.130. The maximum Gasteiger partial charge on any atom is 0.242 e. The number of nitrogens with zero attached hydrogens (tertiary/aromatic N) is 1. The second-order valence-corrected chi connectivity index (χ2v) is 5.42. The zero-order valence-corrected chi connectivity index (χ0v) is 12.7. The van der Waals surface area contributed by atoms with Crippen LogP contribution in [0.25, 0.3) is 0 Å². The van der Waals surface area contributed by atoms with Crippen LogP contribution >= 0.6 is 0 Å². The fourth-order valence-corrected chi connectivity index (χ4v) is 2.71. The highest BCUT2D eigenvalue weighted by molar-refractivity contribution is 5.81. The molecule has 0 aromatic heterocycles. The van der Waals surface area contributed by atoms with Crippen molar-refractivity contribution in [3.63, 3.8) is 0 Å². The Balaban J connectivity index is 1.56. The SMILES string of the molecule is COc1ccc(NCC(=O)N2CCc3ccccc3C2)cc1. The normalized spacial score (nSPS) is 13.4. The van der Waals surface area contributed by atoms with E-state index in [9.17, 15) is 4.79 Å². The third kappa shape index (κ3) is 3.22. The van der Waals surface area contributed by atoms with E-state index in [2.05, 4.69) is 23.5 Å². The van der Waals surface area contributed by atoms with E-state index in [0.717, 1.165) is 24.4 Å². The van der Waals surface area contributed by atoms with Gasteiger partial charge in [0.25, 0.3) is 0 Å². The molecule has 4 nitrogen and oxygen atoms in total. The van der Waals surface area contributed by atoms with Gasteiger partial charge in [0, 0.05) is 18.8 Å². The minimum absolute atomic E-state index is 0.130. The number of nitrogens with one attached hydrogen (secondary N) is 1. The number of ether oxygens (including phenoxy) is 1. The van der Waals surface area contributed by atoms with Gasteiger partial charge in [-0.1, -0.05) is 24.3 Å². The first kappa shape index (κ1) is 14.4. The predicted molar refractivity (Wildman–Crippen MR) is 87.0 cm³/mol. The summed E-state index contributed by atoms with van der Waals surface area (Å²) in [5, 5.41) is 3.17. The molecule has 1 amide bonds. The Bertz CT molecular complexity index is 652. The smallest absolute Gasteiger partial charge is 0.242 e. The highest BCUT2D eigenvalue weighted by Crippen LogP contribution is 2.19. The van der Waals surface area contributed by atoms with Crippen molar-refractivity contribution >= 4 is 11.6 Å². The summed E-state index contributed by atoms with van der Waals surface area (Å²) in [5.74, 6) is 0.940. The summed E-state index contributed by atoms with van der Waals surface area (Å²) in [6.45, 7) is 1.81. The van der Waals surface area contributed by atoms with Gasteiger partial charge < -0.3 is 15.0 Å². The van der Waals surface area contributed by atoms with Crippen LogP contribution < -0.4 is 10.1 Å². The van der Waals surface area contributed by atoms with Gasteiger partial charge >= 0.3 is 0 Å².